The van der Waals surface area contributed by atoms with Crippen LogP contribution in [0.15, 0.2) is 53.3 Å². The standard InChI is InChI=1S/C19H18N4O4/c1-3-26-19(25)13-4-6-15(7-5-13)21-16-9-14(10-20-11-16)18(24)22-17-8-12(2)27-23-17/h4-11,21H,3H2,1-2H3,(H,22,23,24). The maximum atomic E-state index is 12.3. The van der Waals surface area contributed by atoms with E-state index in [9.17, 15) is 9.59 Å². The Morgan fingerprint density at radius 3 is 2.52 bits per heavy atom. The molecular formula is C19H18N4O4. The number of anilines is 3. The van der Waals surface area contributed by atoms with Crippen LogP contribution in [0.25, 0.3) is 0 Å². The van der Waals surface area contributed by atoms with Crippen molar-refractivity contribution in [3.8, 4) is 0 Å². The van der Waals surface area contributed by atoms with E-state index in [1.54, 1.807) is 56.4 Å². The third-order valence-electron chi connectivity index (χ3n) is 3.55. The monoisotopic (exact) mass is 366 g/mol. The molecule has 0 saturated carbocycles. The molecule has 0 aliphatic carbocycles. The van der Waals surface area contributed by atoms with Crippen molar-refractivity contribution in [3.63, 3.8) is 0 Å². The Bertz CT molecular complexity index is 950. The van der Waals surface area contributed by atoms with E-state index in [2.05, 4.69) is 20.8 Å². The number of aryl methyl sites for hydroxylation is 1. The fraction of sp³-hybridized carbons (Fsp3) is 0.158. The molecule has 0 radical (unpaired) electrons. The molecule has 27 heavy (non-hydrogen) atoms. The Morgan fingerprint density at radius 2 is 1.85 bits per heavy atom. The van der Waals surface area contributed by atoms with Gasteiger partial charge in [-0.1, -0.05) is 5.16 Å². The zero-order valence-corrected chi connectivity index (χ0v) is 14.9. The summed E-state index contributed by atoms with van der Waals surface area (Å²) in [5.41, 5.74) is 2.21. The number of hydrogen-bond donors (Lipinski definition) is 2. The summed E-state index contributed by atoms with van der Waals surface area (Å²) in [6.07, 6.45) is 3.05. The first-order chi connectivity index (χ1) is 13.0. The second-order valence-corrected chi connectivity index (χ2v) is 5.66. The van der Waals surface area contributed by atoms with Crippen molar-refractivity contribution in [2.75, 3.05) is 17.2 Å². The maximum absolute atomic E-state index is 12.3. The quantitative estimate of drug-likeness (QED) is 0.643. The number of nitrogens with zero attached hydrogens (tertiary/aromatic N) is 2. The highest BCUT2D eigenvalue weighted by Crippen LogP contribution is 2.18. The number of nitrogens with one attached hydrogen (secondary N) is 2. The van der Waals surface area contributed by atoms with Crippen molar-refractivity contribution >= 4 is 29.1 Å². The molecule has 2 heterocycles. The van der Waals surface area contributed by atoms with Gasteiger partial charge in [-0.05, 0) is 44.2 Å². The van der Waals surface area contributed by atoms with Gasteiger partial charge in [-0.2, -0.15) is 0 Å². The summed E-state index contributed by atoms with van der Waals surface area (Å²) in [5, 5.41) is 9.50. The molecular weight excluding hydrogens is 348 g/mol. The van der Waals surface area contributed by atoms with Gasteiger partial charge >= 0.3 is 5.97 Å². The van der Waals surface area contributed by atoms with Crippen molar-refractivity contribution in [3.05, 3.63) is 65.7 Å². The average molecular weight is 366 g/mol. The lowest BCUT2D eigenvalue weighted by Gasteiger charge is -2.08. The predicted molar refractivity (Wildman–Crippen MR) is 99.1 cm³/mol. The van der Waals surface area contributed by atoms with Gasteiger partial charge in [-0.15, -0.1) is 0 Å². The highest BCUT2D eigenvalue weighted by atomic mass is 16.5. The second-order valence-electron chi connectivity index (χ2n) is 5.66. The van der Waals surface area contributed by atoms with Gasteiger partial charge in [0, 0.05) is 18.0 Å². The maximum Gasteiger partial charge on any atom is 0.338 e. The van der Waals surface area contributed by atoms with Gasteiger partial charge in [0.2, 0.25) is 0 Å². The first-order valence-electron chi connectivity index (χ1n) is 8.29. The second kappa shape index (κ2) is 8.13. The smallest absolute Gasteiger partial charge is 0.338 e. The van der Waals surface area contributed by atoms with Gasteiger partial charge in [0.15, 0.2) is 5.82 Å². The molecule has 8 heteroatoms. The molecule has 0 bridgehead atoms. The van der Waals surface area contributed by atoms with Gasteiger partial charge in [-0.25, -0.2) is 4.79 Å². The van der Waals surface area contributed by atoms with E-state index in [4.69, 9.17) is 9.26 Å². The van der Waals surface area contributed by atoms with Crippen molar-refractivity contribution in [1.29, 1.82) is 0 Å². The summed E-state index contributed by atoms with van der Waals surface area (Å²) in [5.74, 6) is 0.222. The molecule has 2 aromatic heterocycles. The van der Waals surface area contributed by atoms with E-state index in [1.165, 1.54) is 6.20 Å². The van der Waals surface area contributed by atoms with Crippen LogP contribution in [0, 0.1) is 6.92 Å². The lowest BCUT2D eigenvalue weighted by atomic mass is 10.2. The van der Waals surface area contributed by atoms with Crippen LogP contribution in [0.5, 0.6) is 0 Å². The zero-order valence-electron chi connectivity index (χ0n) is 14.9. The Kier molecular flexibility index (Phi) is 5.46. The molecule has 2 N–H and O–H groups in total. The van der Waals surface area contributed by atoms with Crippen LogP contribution in [-0.4, -0.2) is 28.6 Å². The van der Waals surface area contributed by atoms with Crippen molar-refractivity contribution in [2.45, 2.75) is 13.8 Å². The third kappa shape index (κ3) is 4.69. The molecule has 0 saturated heterocycles. The summed E-state index contributed by atoms with van der Waals surface area (Å²) >= 11 is 0. The molecule has 3 aromatic rings. The van der Waals surface area contributed by atoms with Crippen LogP contribution in [0.3, 0.4) is 0 Å². The van der Waals surface area contributed by atoms with Gasteiger partial charge in [0.25, 0.3) is 5.91 Å². The molecule has 0 atom stereocenters. The Hall–Kier alpha value is -3.68. The van der Waals surface area contributed by atoms with Crippen LogP contribution in [-0.2, 0) is 4.74 Å². The highest BCUT2D eigenvalue weighted by Gasteiger charge is 2.11. The van der Waals surface area contributed by atoms with Crippen LogP contribution < -0.4 is 10.6 Å². The minimum atomic E-state index is -0.368. The number of amides is 1. The van der Waals surface area contributed by atoms with E-state index >= 15 is 0 Å². The average Bonchev–Trinajstić information content (AvgIpc) is 3.07. The summed E-state index contributed by atoms with van der Waals surface area (Å²) in [6, 6.07) is 10.1. The summed E-state index contributed by atoms with van der Waals surface area (Å²) in [4.78, 5) is 28.1. The van der Waals surface area contributed by atoms with E-state index < -0.39 is 0 Å². The van der Waals surface area contributed by atoms with Gasteiger partial charge < -0.3 is 19.9 Å². The molecule has 1 amide bonds. The summed E-state index contributed by atoms with van der Waals surface area (Å²) in [6.45, 7) is 3.82. The fourth-order valence-electron chi connectivity index (χ4n) is 2.32. The van der Waals surface area contributed by atoms with Crippen molar-refractivity contribution in [2.24, 2.45) is 0 Å². The molecule has 0 fully saturated rings. The van der Waals surface area contributed by atoms with Crippen LogP contribution in [0.4, 0.5) is 17.2 Å². The number of benzene rings is 1. The Morgan fingerprint density at radius 1 is 1.07 bits per heavy atom. The molecule has 0 aliphatic heterocycles. The lowest BCUT2D eigenvalue weighted by Crippen LogP contribution is -2.12. The van der Waals surface area contributed by atoms with Crippen LogP contribution >= 0.6 is 0 Å². The molecule has 1 aromatic carbocycles. The largest absolute Gasteiger partial charge is 0.462 e. The van der Waals surface area contributed by atoms with E-state index in [1.807, 2.05) is 0 Å². The minimum absolute atomic E-state index is 0.327. The molecule has 0 spiro atoms. The molecule has 3 rings (SSSR count). The number of hydrogen-bond acceptors (Lipinski definition) is 7. The van der Waals surface area contributed by atoms with E-state index in [0.717, 1.165) is 5.69 Å². The van der Waals surface area contributed by atoms with Crippen LogP contribution in [0.2, 0.25) is 0 Å². The first-order valence-corrected chi connectivity index (χ1v) is 8.29. The van der Waals surface area contributed by atoms with Crippen molar-refractivity contribution in [1.82, 2.24) is 10.1 Å². The molecule has 0 aliphatic rings. The fourth-order valence-corrected chi connectivity index (χ4v) is 2.32. The number of ether oxygens (including phenoxy) is 1. The lowest BCUT2D eigenvalue weighted by molar-refractivity contribution is 0.0526. The van der Waals surface area contributed by atoms with Gasteiger partial charge in [0.1, 0.15) is 5.76 Å². The highest BCUT2D eigenvalue weighted by molar-refractivity contribution is 6.04. The van der Waals surface area contributed by atoms with E-state index in [0.29, 0.717) is 35.0 Å². The van der Waals surface area contributed by atoms with Gasteiger partial charge in [0.05, 0.1) is 29.6 Å². The SMILES string of the molecule is CCOC(=O)c1ccc(Nc2cncc(C(=O)Nc3cc(C)on3)c2)cc1. The van der Waals surface area contributed by atoms with E-state index in [-0.39, 0.29) is 11.9 Å². The number of rotatable bonds is 6. The third-order valence-corrected chi connectivity index (χ3v) is 3.55. The van der Waals surface area contributed by atoms with Gasteiger partial charge in [-0.3, -0.25) is 9.78 Å². The first kappa shape index (κ1) is 18.1. The molecule has 0 unspecified atom stereocenters. The Balaban J connectivity index is 1.68. The number of carbonyl (C=O) groups is 2. The number of pyridine rings is 1. The Labute approximate surface area is 155 Å². The van der Waals surface area contributed by atoms with Crippen LogP contribution in [0.1, 0.15) is 33.4 Å². The predicted octanol–water partition coefficient (Wildman–Crippen LogP) is 3.55. The number of aromatic nitrogens is 2. The molecule has 8 nitrogen and oxygen atoms in total. The number of carbonyl (C=O) groups excluding carboxylic acids is 2. The number of esters is 1. The summed E-state index contributed by atoms with van der Waals surface area (Å²) < 4.78 is 9.87. The van der Waals surface area contributed by atoms with Crippen molar-refractivity contribution < 1.29 is 18.8 Å². The summed E-state index contributed by atoms with van der Waals surface area (Å²) in [7, 11) is 0. The normalized spacial score (nSPS) is 10.3. The minimum Gasteiger partial charge on any atom is -0.462 e. The molecule has 138 valence electrons. The zero-order chi connectivity index (χ0) is 19.2. The topological polar surface area (TPSA) is 106 Å².